The van der Waals surface area contributed by atoms with Crippen molar-refractivity contribution in [2.75, 3.05) is 13.2 Å². The second kappa shape index (κ2) is 3.34. The first kappa shape index (κ1) is 11.4. The topological polar surface area (TPSA) is 43.7 Å². The van der Waals surface area contributed by atoms with Crippen molar-refractivity contribution < 1.29 is 10.2 Å². The summed E-state index contributed by atoms with van der Waals surface area (Å²) in [6, 6.07) is 3.74. The van der Waals surface area contributed by atoms with Crippen LogP contribution >= 0.6 is 23.2 Å². The van der Waals surface area contributed by atoms with Gasteiger partial charge in [0, 0.05) is 36.2 Å². The highest BCUT2D eigenvalue weighted by Gasteiger charge is 2.91. The number of hydrogen-bond acceptors (Lipinski definition) is 3. The van der Waals surface area contributed by atoms with Crippen LogP contribution in [0.2, 0.25) is 10.0 Å². The molecule has 2 aliphatic heterocycles. The van der Waals surface area contributed by atoms with Gasteiger partial charge in [0.2, 0.25) is 0 Å². The standard InChI is InChI=1S/C13H13Cl2NO2/c14-8-1-6(10(18)2-9(8)15)3-16-4-7-11-12(16)13(7,11)5-17/h1-2,7,11-12,17-18H,3-5H2/t7-,11-,12?,13+/m1/s1. The lowest BCUT2D eigenvalue weighted by atomic mass is 10.1. The number of phenolic OH excluding ortho intramolecular Hbond substituents is 1. The second-order valence-corrected chi connectivity index (χ2v) is 6.49. The van der Waals surface area contributed by atoms with Crippen LogP contribution in [0.1, 0.15) is 5.56 Å². The highest BCUT2D eigenvalue weighted by atomic mass is 35.5. The summed E-state index contributed by atoms with van der Waals surface area (Å²) < 4.78 is 0. The molecule has 1 aromatic carbocycles. The molecule has 0 amide bonds. The number of aliphatic hydroxyl groups excluding tert-OH is 1. The Kier molecular flexibility index (Phi) is 2.11. The van der Waals surface area contributed by atoms with Crippen LogP contribution in [0, 0.1) is 17.3 Å². The zero-order chi connectivity index (χ0) is 12.7. The first-order chi connectivity index (χ1) is 8.59. The van der Waals surface area contributed by atoms with Crippen LogP contribution in [0.3, 0.4) is 0 Å². The van der Waals surface area contributed by atoms with Crippen molar-refractivity contribution >= 4 is 23.2 Å². The van der Waals surface area contributed by atoms with Crippen LogP contribution in [0.5, 0.6) is 5.75 Å². The van der Waals surface area contributed by atoms with Gasteiger partial charge in [-0.25, -0.2) is 0 Å². The minimum Gasteiger partial charge on any atom is -0.508 e. The molecule has 0 aromatic heterocycles. The SMILES string of the molecule is OC[C@@]12C3[C@H]1[C@H]2CN3Cc1cc(Cl)c(Cl)cc1O. The fourth-order valence-electron chi connectivity index (χ4n) is 3.98. The van der Waals surface area contributed by atoms with Crippen molar-refractivity contribution in [3.8, 4) is 5.75 Å². The lowest BCUT2D eigenvalue weighted by Gasteiger charge is -2.17. The maximum atomic E-state index is 9.89. The molecule has 4 fully saturated rings. The zero-order valence-electron chi connectivity index (χ0n) is 9.61. The molecule has 2 N–H and O–H groups in total. The molecular weight excluding hydrogens is 273 g/mol. The summed E-state index contributed by atoms with van der Waals surface area (Å²) in [6.07, 6.45) is 0. The normalized spacial score (nSPS) is 39.8. The fraction of sp³-hybridized carbons (Fsp3) is 0.538. The third kappa shape index (κ3) is 1.19. The molecule has 0 radical (unpaired) electrons. The zero-order valence-corrected chi connectivity index (χ0v) is 11.1. The van der Waals surface area contributed by atoms with Crippen molar-refractivity contribution in [2.45, 2.75) is 12.6 Å². The van der Waals surface area contributed by atoms with Gasteiger partial charge in [0.05, 0.1) is 16.7 Å². The summed E-state index contributed by atoms with van der Waals surface area (Å²) >= 11 is 11.8. The van der Waals surface area contributed by atoms with E-state index in [9.17, 15) is 10.2 Å². The van der Waals surface area contributed by atoms with Crippen molar-refractivity contribution in [2.24, 2.45) is 17.3 Å². The molecule has 2 heterocycles. The first-order valence-electron chi connectivity index (χ1n) is 6.11. The maximum Gasteiger partial charge on any atom is 0.121 e. The lowest BCUT2D eigenvalue weighted by Crippen LogP contribution is -2.22. The average molecular weight is 286 g/mol. The number of rotatable bonds is 3. The summed E-state index contributed by atoms with van der Waals surface area (Å²) in [6.45, 7) is 2.01. The van der Waals surface area contributed by atoms with Gasteiger partial charge < -0.3 is 10.2 Å². The molecule has 0 spiro atoms. The van der Waals surface area contributed by atoms with E-state index in [2.05, 4.69) is 4.90 Å². The van der Waals surface area contributed by atoms with Crippen molar-refractivity contribution in [3.05, 3.63) is 27.7 Å². The van der Waals surface area contributed by atoms with Crippen LogP contribution in [-0.2, 0) is 6.54 Å². The van der Waals surface area contributed by atoms with Gasteiger partial charge in [-0.05, 0) is 17.9 Å². The third-order valence-corrected chi connectivity index (χ3v) is 5.73. The quantitative estimate of drug-likeness (QED) is 0.894. The Balaban J connectivity index is 1.55. The van der Waals surface area contributed by atoms with Crippen LogP contribution in [0.15, 0.2) is 12.1 Å². The maximum absolute atomic E-state index is 9.89. The number of aromatic hydroxyl groups is 1. The molecule has 2 saturated carbocycles. The van der Waals surface area contributed by atoms with Crippen LogP contribution in [0.25, 0.3) is 0 Å². The third-order valence-electron chi connectivity index (χ3n) is 5.01. The molecule has 1 unspecified atom stereocenters. The summed E-state index contributed by atoms with van der Waals surface area (Å²) in [5, 5.41) is 20.1. The van der Waals surface area contributed by atoms with Crippen molar-refractivity contribution in [3.63, 3.8) is 0 Å². The van der Waals surface area contributed by atoms with E-state index in [4.69, 9.17) is 23.2 Å². The molecular formula is C13H13Cl2NO2. The van der Waals surface area contributed by atoms with E-state index in [1.165, 1.54) is 6.07 Å². The molecule has 18 heavy (non-hydrogen) atoms. The smallest absolute Gasteiger partial charge is 0.121 e. The first-order valence-corrected chi connectivity index (χ1v) is 6.87. The molecule has 3 nitrogen and oxygen atoms in total. The lowest BCUT2D eigenvalue weighted by molar-refractivity contribution is 0.215. The fourth-order valence-corrected chi connectivity index (χ4v) is 4.33. The summed E-state index contributed by atoms with van der Waals surface area (Å²) in [5.41, 5.74) is 1.02. The monoisotopic (exact) mass is 285 g/mol. The minimum absolute atomic E-state index is 0.196. The highest BCUT2D eigenvalue weighted by Crippen LogP contribution is 2.85. The summed E-state index contributed by atoms with van der Waals surface area (Å²) in [4.78, 5) is 2.34. The molecule has 1 aromatic rings. The van der Waals surface area contributed by atoms with E-state index >= 15 is 0 Å². The van der Waals surface area contributed by atoms with E-state index in [1.807, 2.05) is 0 Å². The predicted octanol–water partition coefficient (Wildman–Crippen LogP) is 2.12. The predicted molar refractivity (Wildman–Crippen MR) is 68.8 cm³/mol. The van der Waals surface area contributed by atoms with E-state index in [-0.39, 0.29) is 11.2 Å². The van der Waals surface area contributed by atoms with Crippen LogP contribution in [0.4, 0.5) is 0 Å². The number of fused-ring (bicyclic) bond motifs is 1. The Morgan fingerprint density at radius 3 is 2.67 bits per heavy atom. The molecule has 5 rings (SSSR count). The van der Waals surface area contributed by atoms with Crippen molar-refractivity contribution in [1.82, 2.24) is 4.90 Å². The number of phenols is 1. The Hall–Kier alpha value is -0.480. The highest BCUT2D eigenvalue weighted by molar-refractivity contribution is 6.42. The van der Waals surface area contributed by atoms with Gasteiger partial charge in [0.25, 0.3) is 0 Å². The Morgan fingerprint density at radius 1 is 1.33 bits per heavy atom. The van der Waals surface area contributed by atoms with E-state index in [0.717, 1.165) is 12.1 Å². The van der Waals surface area contributed by atoms with Gasteiger partial charge in [-0.3, -0.25) is 4.90 Å². The van der Waals surface area contributed by atoms with Crippen molar-refractivity contribution in [1.29, 1.82) is 0 Å². The van der Waals surface area contributed by atoms with Gasteiger partial charge in [-0.1, -0.05) is 23.2 Å². The number of piperidine rings is 1. The van der Waals surface area contributed by atoms with E-state index in [0.29, 0.717) is 41.1 Å². The molecule has 2 bridgehead atoms. The minimum atomic E-state index is 0.196. The number of hydrogen-bond donors (Lipinski definition) is 2. The number of aliphatic hydroxyl groups is 1. The molecule has 4 atom stereocenters. The van der Waals surface area contributed by atoms with Gasteiger partial charge in [0.15, 0.2) is 0 Å². The van der Waals surface area contributed by atoms with E-state index in [1.54, 1.807) is 6.07 Å². The van der Waals surface area contributed by atoms with Crippen LogP contribution < -0.4 is 0 Å². The van der Waals surface area contributed by atoms with Gasteiger partial charge in [-0.15, -0.1) is 0 Å². The van der Waals surface area contributed by atoms with Crippen LogP contribution in [-0.4, -0.2) is 34.3 Å². The summed E-state index contributed by atoms with van der Waals surface area (Å²) in [7, 11) is 0. The molecule has 4 aliphatic rings. The van der Waals surface area contributed by atoms with Gasteiger partial charge >= 0.3 is 0 Å². The number of halogens is 2. The second-order valence-electron chi connectivity index (χ2n) is 5.67. The molecule has 2 aliphatic carbocycles. The van der Waals surface area contributed by atoms with Gasteiger partial charge in [-0.2, -0.15) is 0 Å². The number of nitrogens with zero attached hydrogens (tertiary/aromatic N) is 1. The average Bonchev–Trinajstić information content (AvgIpc) is 3.08. The Morgan fingerprint density at radius 2 is 2.06 bits per heavy atom. The van der Waals surface area contributed by atoms with E-state index < -0.39 is 0 Å². The molecule has 5 heteroatoms. The molecule has 96 valence electrons. The molecule has 2 saturated heterocycles. The number of benzene rings is 1. The Labute approximate surface area is 115 Å². The Bertz CT molecular complexity index is 544. The summed E-state index contributed by atoms with van der Waals surface area (Å²) in [5.74, 6) is 1.58. The largest absolute Gasteiger partial charge is 0.508 e. The van der Waals surface area contributed by atoms with Gasteiger partial charge in [0.1, 0.15) is 5.75 Å².